The van der Waals surface area contributed by atoms with E-state index in [4.69, 9.17) is 10.5 Å². The molecule has 162 valence electrons. The number of methoxy groups -OCH3 is 1. The second-order valence-corrected chi connectivity index (χ2v) is 6.60. The summed E-state index contributed by atoms with van der Waals surface area (Å²) < 4.78 is 48.4. The average Bonchev–Trinajstić information content (AvgIpc) is 3.20. The minimum Gasteiger partial charge on any atom is -0.497 e. The highest BCUT2D eigenvalue weighted by Crippen LogP contribution is 2.31. The van der Waals surface area contributed by atoms with E-state index >= 15 is 0 Å². The second kappa shape index (κ2) is 8.02. The first-order valence-electron chi connectivity index (χ1n) is 9.07. The largest absolute Gasteiger partial charge is 0.497 e. The first kappa shape index (κ1) is 20.8. The Morgan fingerprint density at radius 2 is 1.84 bits per heavy atom. The molecule has 2 heterocycles. The number of nitrogens with two attached hydrogens (primary N) is 1. The zero-order valence-corrected chi connectivity index (χ0v) is 16.4. The van der Waals surface area contributed by atoms with Crippen LogP contribution in [0.5, 0.6) is 5.75 Å². The predicted molar refractivity (Wildman–Crippen MR) is 108 cm³/mol. The number of ether oxygens (including phenoxy) is 1. The summed E-state index contributed by atoms with van der Waals surface area (Å²) in [6.07, 6.45) is 2.35. The van der Waals surface area contributed by atoms with Gasteiger partial charge in [-0.05, 0) is 24.3 Å². The fraction of sp³-hybridized carbons (Fsp3) is 0.0476. The van der Waals surface area contributed by atoms with Crippen molar-refractivity contribution in [3.8, 4) is 5.75 Å². The summed E-state index contributed by atoms with van der Waals surface area (Å²) in [7, 11) is 1.39. The molecule has 0 bridgehead atoms. The lowest BCUT2D eigenvalue weighted by Gasteiger charge is -2.10. The molecule has 0 saturated carbocycles. The molecule has 2 aromatic heterocycles. The number of hydrogen-bond acceptors (Lipinski definition) is 6. The molecule has 0 atom stereocenters. The lowest BCUT2D eigenvalue weighted by Crippen LogP contribution is -2.17. The van der Waals surface area contributed by atoms with Crippen molar-refractivity contribution in [2.45, 2.75) is 0 Å². The summed E-state index contributed by atoms with van der Waals surface area (Å²) in [5, 5.41) is 2.81. The first-order chi connectivity index (χ1) is 15.3. The van der Waals surface area contributed by atoms with E-state index in [0.717, 1.165) is 24.5 Å². The number of benzene rings is 2. The summed E-state index contributed by atoms with van der Waals surface area (Å²) >= 11 is 0. The third-order valence-corrected chi connectivity index (χ3v) is 4.73. The van der Waals surface area contributed by atoms with Gasteiger partial charge in [-0.15, -0.1) is 0 Å². The molecule has 0 aliphatic heterocycles. The van der Waals surface area contributed by atoms with Crippen molar-refractivity contribution in [2.24, 2.45) is 5.73 Å². The van der Waals surface area contributed by atoms with Gasteiger partial charge >= 0.3 is 0 Å². The van der Waals surface area contributed by atoms with Crippen molar-refractivity contribution in [1.82, 2.24) is 15.0 Å². The van der Waals surface area contributed by atoms with Gasteiger partial charge in [0.2, 0.25) is 5.78 Å². The molecule has 2 aromatic carbocycles. The van der Waals surface area contributed by atoms with E-state index in [0.29, 0.717) is 5.75 Å². The molecule has 0 saturated heterocycles. The van der Waals surface area contributed by atoms with Crippen molar-refractivity contribution < 1.29 is 27.5 Å². The van der Waals surface area contributed by atoms with Crippen LogP contribution in [-0.4, -0.2) is 33.8 Å². The third-order valence-electron chi connectivity index (χ3n) is 4.73. The van der Waals surface area contributed by atoms with Gasteiger partial charge in [-0.25, -0.2) is 23.1 Å². The molecule has 0 aliphatic rings. The summed E-state index contributed by atoms with van der Waals surface area (Å²) in [5.74, 6) is -5.16. The Morgan fingerprint density at radius 1 is 1.06 bits per heavy atom. The van der Waals surface area contributed by atoms with E-state index in [9.17, 15) is 22.8 Å². The maximum absolute atomic E-state index is 14.7. The van der Waals surface area contributed by atoms with Crippen molar-refractivity contribution in [3.63, 3.8) is 0 Å². The number of ketones is 1. The molecule has 0 fully saturated rings. The number of fused-ring (bicyclic) bond motifs is 1. The van der Waals surface area contributed by atoms with Crippen molar-refractivity contribution >= 4 is 34.2 Å². The topological polar surface area (TPSA) is 123 Å². The maximum Gasteiger partial charge on any atom is 0.251 e. The lowest BCUT2D eigenvalue weighted by atomic mass is 9.99. The van der Waals surface area contributed by atoms with Crippen LogP contribution in [-0.2, 0) is 0 Å². The quantitative estimate of drug-likeness (QED) is 0.394. The molecule has 1 amide bonds. The predicted octanol–water partition coefficient (Wildman–Crippen LogP) is 3.46. The Bertz CT molecular complexity index is 1390. The van der Waals surface area contributed by atoms with E-state index in [1.54, 1.807) is 0 Å². The van der Waals surface area contributed by atoms with Crippen LogP contribution in [0.1, 0.15) is 26.3 Å². The minimum absolute atomic E-state index is 0.00976. The summed E-state index contributed by atoms with van der Waals surface area (Å²) in [6.45, 7) is 0. The fourth-order valence-electron chi connectivity index (χ4n) is 3.17. The van der Waals surface area contributed by atoms with Crippen LogP contribution in [0.3, 0.4) is 0 Å². The van der Waals surface area contributed by atoms with Crippen molar-refractivity contribution in [1.29, 1.82) is 0 Å². The van der Waals surface area contributed by atoms with Gasteiger partial charge in [-0.2, -0.15) is 0 Å². The van der Waals surface area contributed by atoms with Crippen molar-refractivity contribution in [2.75, 3.05) is 12.4 Å². The standard InChI is InChI=1S/C21H14F3N5O3/c1-32-9-2-5-14(13(23)6-9)29-21-15-11(7-26-20(15)27-8-28-21)18(30)16-12(22)4-3-10(17(16)24)19(25)31/h2-8H,1H3,(H2,25,31)(H2,26,27,28,29). The summed E-state index contributed by atoms with van der Waals surface area (Å²) in [6, 6.07) is 5.66. The number of aromatic nitrogens is 3. The van der Waals surface area contributed by atoms with Crippen LogP contribution in [0.4, 0.5) is 24.7 Å². The van der Waals surface area contributed by atoms with Crippen LogP contribution in [0.25, 0.3) is 11.0 Å². The zero-order chi connectivity index (χ0) is 23.0. The smallest absolute Gasteiger partial charge is 0.251 e. The molecule has 4 aromatic rings. The number of halogens is 3. The molecule has 11 heteroatoms. The van der Waals surface area contributed by atoms with E-state index in [2.05, 4.69) is 20.3 Å². The van der Waals surface area contributed by atoms with Crippen LogP contribution in [0.2, 0.25) is 0 Å². The molecule has 0 spiro atoms. The molecule has 0 aliphatic carbocycles. The average molecular weight is 441 g/mol. The van der Waals surface area contributed by atoms with Gasteiger partial charge in [0.25, 0.3) is 5.91 Å². The Balaban J connectivity index is 1.84. The number of nitrogens with one attached hydrogen (secondary N) is 2. The molecule has 0 radical (unpaired) electrons. The number of aromatic amines is 1. The van der Waals surface area contributed by atoms with E-state index in [1.165, 1.54) is 25.4 Å². The van der Waals surface area contributed by atoms with Gasteiger partial charge in [0.05, 0.1) is 34.9 Å². The number of rotatable bonds is 6. The van der Waals surface area contributed by atoms with Gasteiger partial charge < -0.3 is 20.8 Å². The molecular weight excluding hydrogens is 427 g/mol. The van der Waals surface area contributed by atoms with Gasteiger partial charge in [0, 0.05) is 12.3 Å². The van der Waals surface area contributed by atoms with Crippen LogP contribution in [0.15, 0.2) is 42.9 Å². The molecule has 4 rings (SSSR count). The number of primary amides is 1. The SMILES string of the molecule is COc1ccc(Nc2ncnc3[nH]cc(C(=O)c4c(F)ccc(C(N)=O)c4F)c23)c(F)c1. The number of hydrogen-bond donors (Lipinski definition) is 3. The number of anilines is 2. The Hall–Kier alpha value is -4.41. The highest BCUT2D eigenvalue weighted by Gasteiger charge is 2.27. The van der Waals surface area contributed by atoms with Crippen molar-refractivity contribution in [3.05, 3.63) is 77.0 Å². The van der Waals surface area contributed by atoms with Gasteiger partial charge in [-0.1, -0.05) is 0 Å². The normalized spacial score (nSPS) is 10.9. The molecule has 8 nitrogen and oxygen atoms in total. The number of nitrogens with zero attached hydrogens (tertiary/aromatic N) is 2. The zero-order valence-electron chi connectivity index (χ0n) is 16.4. The third kappa shape index (κ3) is 3.49. The minimum atomic E-state index is -1.38. The number of carbonyl (C=O) groups is 2. The van der Waals surface area contributed by atoms with Gasteiger partial charge in [-0.3, -0.25) is 9.59 Å². The van der Waals surface area contributed by atoms with E-state index in [-0.39, 0.29) is 28.1 Å². The van der Waals surface area contributed by atoms with E-state index in [1.807, 2.05) is 0 Å². The highest BCUT2D eigenvalue weighted by molar-refractivity contribution is 6.19. The Labute approximate surface area is 178 Å². The van der Waals surface area contributed by atoms with Crippen LogP contribution in [0, 0.1) is 17.5 Å². The Kier molecular flexibility index (Phi) is 5.23. The maximum atomic E-state index is 14.7. The first-order valence-corrected chi connectivity index (χ1v) is 9.07. The molecular formula is C21H14F3N5O3. The van der Waals surface area contributed by atoms with E-state index < -0.39 is 40.3 Å². The molecule has 4 N–H and O–H groups in total. The monoisotopic (exact) mass is 441 g/mol. The van der Waals surface area contributed by atoms with Gasteiger partial charge in [0.1, 0.15) is 41.0 Å². The number of H-pyrrole nitrogens is 1. The number of carbonyl (C=O) groups excluding carboxylic acids is 2. The van der Waals surface area contributed by atoms with Crippen LogP contribution < -0.4 is 15.8 Å². The summed E-state index contributed by atoms with van der Waals surface area (Å²) in [4.78, 5) is 35.2. The number of amides is 1. The van der Waals surface area contributed by atoms with Crippen LogP contribution >= 0.6 is 0 Å². The van der Waals surface area contributed by atoms with Gasteiger partial charge in [0.15, 0.2) is 0 Å². The Morgan fingerprint density at radius 3 is 2.53 bits per heavy atom. The molecule has 32 heavy (non-hydrogen) atoms. The summed E-state index contributed by atoms with van der Waals surface area (Å²) in [5.41, 5.74) is 3.47. The molecule has 0 unspecified atom stereocenters. The second-order valence-electron chi connectivity index (χ2n) is 6.60. The fourth-order valence-corrected chi connectivity index (χ4v) is 3.17. The lowest BCUT2D eigenvalue weighted by molar-refractivity contribution is 0.0996. The highest BCUT2D eigenvalue weighted by atomic mass is 19.1.